The van der Waals surface area contributed by atoms with Crippen molar-refractivity contribution in [3.8, 4) is 11.5 Å². The summed E-state index contributed by atoms with van der Waals surface area (Å²) >= 11 is 0. The van der Waals surface area contributed by atoms with E-state index in [-0.39, 0.29) is 0 Å². The number of carbonyl (C=O) groups excluding carboxylic acids is 1. The van der Waals surface area contributed by atoms with Crippen molar-refractivity contribution in [3.63, 3.8) is 0 Å². The summed E-state index contributed by atoms with van der Waals surface area (Å²) in [6.07, 6.45) is 0. The minimum absolute atomic E-state index is 0.310. The lowest BCUT2D eigenvalue weighted by molar-refractivity contribution is 0.0998. The van der Waals surface area contributed by atoms with E-state index in [1.54, 1.807) is 18.2 Å². The third kappa shape index (κ3) is 2.91. The SMILES string of the molecule is CC(C)c1ccccc1Oc1cc(N)ccc1C(N)=O. The van der Waals surface area contributed by atoms with Crippen molar-refractivity contribution >= 4 is 11.6 Å². The van der Waals surface area contributed by atoms with E-state index in [0.717, 1.165) is 5.56 Å². The second-order valence-corrected chi connectivity index (χ2v) is 4.91. The number of ether oxygens (including phenoxy) is 1. The molecule has 4 N–H and O–H groups in total. The largest absolute Gasteiger partial charge is 0.456 e. The van der Waals surface area contributed by atoms with Gasteiger partial charge in [-0.2, -0.15) is 0 Å². The number of primary amides is 1. The minimum atomic E-state index is -0.540. The topological polar surface area (TPSA) is 78.3 Å². The van der Waals surface area contributed by atoms with Gasteiger partial charge in [0.2, 0.25) is 0 Å². The van der Waals surface area contributed by atoms with Crippen LogP contribution >= 0.6 is 0 Å². The molecule has 0 heterocycles. The molecule has 2 aromatic rings. The second kappa shape index (κ2) is 5.65. The summed E-state index contributed by atoms with van der Waals surface area (Å²) in [4.78, 5) is 11.4. The Labute approximate surface area is 118 Å². The average Bonchev–Trinajstić information content (AvgIpc) is 2.38. The van der Waals surface area contributed by atoms with Gasteiger partial charge in [0.25, 0.3) is 5.91 Å². The molecule has 104 valence electrons. The highest BCUT2D eigenvalue weighted by atomic mass is 16.5. The van der Waals surface area contributed by atoms with Crippen LogP contribution < -0.4 is 16.2 Å². The molecule has 0 aliphatic heterocycles. The number of amides is 1. The third-order valence-corrected chi connectivity index (χ3v) is 3.03. The van der Waals surface area contributed by atoms with Gasteiger partial charge < -0.3 is 16.2 Å². The predicted molar refractivity (Wildman–Crippen MR) is 80.0 cm³/mol. The Balaban J connectivity index is 2.45. The molecule has 2 aromatic carbocycles. The smallest absolute Gasteiger partial charge is 0.252 e. The fraction of sp³-hybridized carbons (Fsp3) is 0.188. The zero-order valence-electron chi connectivity index (χ0n) is 11.6. The zero-order valence-corrected chi connectivity index (χ0v) is 11.6. The molecular weight excluding hydrogens is 252 g/mol. The Hall–Kier alpha value is -2.49. The lowest BCUT2D eigenvalue weighted by Crippen LogP contribution is -2.12. The van der Waals surface area contributed by atoms with Crippen molar-refractivity contribution in [1.82, 2.24) is 0 Å². The van der Waals surface area contributed by atoms with E-state index in [2.05, 4.69) is 13.8 Å². The molecule has 0 fully saturated rings. The predicted octanol–water partition coefficient (Wildman–Crippen LogP) is 3.28. The number of anilines is 1. The van der Waals surface area contributed by atoms with Crippen LogP contribution in [0.4, 0.5) is 5.69 Å². The number of benzene rings is 2. The van der Waals surface area contributed by atoms with E-state index in [0.29, 0.717) is 28.7 Å². The van der Waals surface area contributed by atoms with Gasteiger partial charge in [0.05, 0.1) is 5.56 Å². The maximum absolute atomic E-state index is 11.4. The first-order valence-electron chi connectivity index (χ1n) is 6.45. The third-order valence-electron chi connectivity index (χ3n) is 3.03. The molecule has 0 saturated carbocycles. The highest BCUT2D eigenvalue weighted by molar-refractivity contribution is 5.96. The summed E-state index contributed by atoms with van der Waals surface area (Å²) in [5.74, 6) is 0.854. The van der Waals surface area contributed by atoms with Crippen LogP contribution in [0, 0.1) is 0 Å². The average molecular weight is 270 g/mol. The molecule has 0 radical (unpaired) electrons. The first-order chi connectivity index (χ1) is 9.49. The molecule has 0 aliphatic rings. The fourth-order valence-corrected chi connectivity index (χ4v) is 2.00. The van der Waals surface area contributed by atoms with Gasteiger partial charge in [-0.3, -0.25) is 4.79 Å². The summed E-state index contributed by atoms with van der Waals surface area (Å²) in [5, 5.41) is 0. The summed E-state index contributed by atoms with van der Waals surface area (Å²) in [7, 11) is 0. The van der Waals surface area contributed by atoms with Gasteiger partial charge in [0.1, 0.15) is 11.5 Å². The van der Waals surface area contributed by atoms with Crippen molar-refractivity contribution < 1.29 is 9.53 Å². The molecule has 0 aliphatic carbocycles. The van der Waals surface area contributed by atoms with Crippen LogP contribution in [0.15, 0.2) is 42.5 Å². The first-order valence-corrected chi connectivity index (χ1v) is 6.45. The van der Waals surface area contributed by atoms with E-state index in [1.807, 2.05) is 24.3 Å². The fourth-order valence-electron chi connectivity index (χ4n) is 2.00. The number of hydrogen-bond donors (Lipinski definition) is 2. The van der Waals surface area contributed by atoms with Crippen LogP contribution in [0.3, 0.4) is 0 Å². The molecule has 0 bridgehead atoms. The molecule has 2 rings (SSSR count). The highest BCUT2D eigenvalue weighted by Gasteiger charge is 2.13. The van der Waals surface area contributed by atoms with Crippen molar-refractivity contribution in [2.75, 3.05) is 5.73 Å². The quantitative estimate of drug-likeness (QED) is 0.837. The van der Waals surface area contributed by atoms with Crippen LogP contribution in [0.5, 0.6) is 11.5 Å². The molecule has 0 aromatic heterocycles. The molecular formula is C16H18N2O2. The molecule has 20 heavy (non-hydrogen) atoms. The van der Waals surface area contributed by atoms with Crippen LogP contribution in [0.25, 0.3) is 0 Å². The van der Waals surface area contributed by atoms with Crippen molar-refractivity contribution in [2.24, 2.45) is 5.73 Å². The zero-order chi connectivity index (χ0) is 14.7. The summed E-state index contributed by atoms with van der Waals surface area (Å²) in [6.45, 7) is 4.16. The Morgan fingerprint density at radius 1 is 1.10 bits per heavy atom. The number of para-hydroxylation sites is 1. The van der Waals surface area contributed by atoms with Crippen LogP contribution in [0.2, 0.25) is 0 Å². The van der Waals surface area contributed by atoms with Gasteiger partial charge in [0, 0.05) is 11.8 Å². The Bertz CT molecular complexity index is 636. The molecule has 4 heteroatoms. The maximum Gasteiger partial charge on any atom is 0.252 e. The lowest BCUT2D eigenvalue weighted by atomic mass is 10.0. The second-order valence-electron chi connectivity index (χ2n) is 4.91. The van der Waals surface area contributed by atoms with Gasteiger partial charge in [-0.1, -0.05) is 32.0 Å². The molecule has 0 saturated heterocycles. The summed E-state index contributed by atoms with van der Waals surface area (Å²) in [5.41, 5.74) is 13.0. The van der Waals surface area contributed by atoms with Crippen LogP contribution in [-0.2, 0) is 0 Å². The van der Waals surface area contributed by atoms with Gasteiger partial charge in [0.15, 0.2) is 0 Å². The van der Waals surface area contributed by atoms with Gasteiger partial charge in [-0.25, -0.2) is 0 Å². The van der Waals surface area contributed by atoms with Crippen molar-refractivity contribution in [3.05, 3.63) is 53.6 Å². The number of carbonyl (C=O) groups is 1. The van der Waals surface area contributed by atoms with Gasteiger partial charge >= 0.3 is 0 Å². The molecule has 1 amide bonds. The minimum Gasteiger partial charge on any atom is -0.456 e. The molecule has 0 spiro atoms. The number of rotatable bonds is 4. The van der Waals surface area contributed by atoms with Crippen molar-refractivity contribution in [1.29, 1.82) is 0 Å². The molecule has 0 unspecified atom stereocenters. The van der Waals surface area contributed by atoms with Crippen LogP contribution in [-0.4, -0.2) is 5.91 Å². The van der Waals surface area contributed by atoms with Crippen LogP contribution in [0.1, 0.15) is 35.7 Å². The van der Waals surface area contributed by atoms with Gasteiger partial charge in [-0.15, -0.1) is 0 Å². The van der Waals surface area contributed by atoms with E-state index < -0.39 is 5.91 Å². The summed E-state index contributed by atoms with van der Waals surface area (Å²) in [6, 6.07) is 12.5. The van der Waals surface area contributed by atoms with E-state index in [4.69, 9.17) is 16.2 Å². The van der Waals surface area contributed by atoms with Gasteiger partial charge in [-0.05, 0) is 29.7 Å². The first kappa shape index (κ1) is 13.9. The monoisotopic (exact) mass is 270 g/mol. The number of hydrogen-bond acceptors (Lipinski definition) is 3. The summed E-state index contributed by atoms with van der Waals surface area (Å²) < 4.78 is 5.86. The normalized spacial score (nSPS) is 10.6. The standard InChI is InChI=1S/C16H18N2O2/c1-10(2)12-5-3-4-6-14(12)20-15-9-11(17)7-8-13(15)16(18)19/h3-10H,17H2,1-2H3,(H2,18,19). The Kier molecular flexibility index (Phi) is 3.94. The van der Waals surface area contributed by atoms with Crippen molar-refractivity contribution in [2.45, 2.75) is 19.8 Å². The Morgan fingerprint density at radius 2 is 1.80 bits per heavy atom. The Morgan fingerprint density at radius 3 is 2.45 bits per heavy atom. The lowest BCUT2D eigenvalue weighted by Gasteiger charge is -2.15. The van der Waals surface area contributed by atoms with E-state index in [1.165, 1.54) is 0 Å². The van der Waals surface area contributed by atoms with E-state index >= 15 is 0 Å². The number of nitrogens with two attached hydrogens (primary N) is 2. The van der Waals surface area contributed by atoms with E-state index in [9.17, 15) is 4.79 Å². The molecule has 4 nitrogen and oxygen atoms in total. The number of nitrogen functional groups attached to an aromatic ring is 1. The highest BCUT2D eigenvalue weighted by Crippen LogP contribution is 2.32. The molecule has 0 atom stereocenters. The maximum atomic E-state index is 11.4.